The third-order valence-corrected chi connectivity index (χ3v) is 3.03. The Morgan fingerprint density at radius 1 is 1.65 bits per heavy atom. The number of carbonyl (C=O) groups is 1. The standard InChI is InChI=1S/C10H12N4O2S/c1-6-13-8(14-16-6)2-4-12-10(15)9-7(11)3-5-17-9/h3,5H,2,4,11H2,1H3,(H,12,15). The molecule has 0 aliphatic heterocycles. The van der Waals surface area contributed by atoms with E-state index in [9.17, 15) is 4.79 Å². The van der Waals surface area contributed by atoms with Crippen LogP contribution >= 0.6 is 11.3 Å². The number of thiophene rings is 1. The highest BCUT2D eigenvalue weighted by Crippen LogP contribution is 2.18. The van der Waals surface area contributed by atoms with Crippen LogP contribution in [-0.4, -0.2) is 22.6 Å². The van der Waals surface area contributed by atoms with Crippen LogP contribution in [0.1, 0.15) is 21.4 Å². The number of nitrogen functional groups attached to an aromatic ring is 1. The molecule has 0 saturated heterocycles. The first-order valence-electron chi connectivity index (χ1n) is 5.07. The van der Waals surface area contributed by atoms with Crippen LogP contribution in [0.5, 0.6) is 0 Å². The van der Waals surface area contributed by atoms with Crippen molar-refractivity contribution >= 4 is 22.9 Å². The third-order valence-electron chi connectivity index (χ3n) is 2.11. The van der Waals surface area contributed by atoms with Crippen molar-refractivity contribution in [2.75, 3.05) is 12.3 Å². The summed E-state index contributed by atoms with van der Waals surface area (Å²) in [4.78, 5) is 16.3. The van der Waals surface area contributed by atoms with Gasteiger partial charge in [-0.2, -0.15) is 4.98 Å². The van der Waals surface area contributed by atoms with Gasteiger partial charge in [0.05, 0.1) is 5.69 Å². The summed E-state index contributed by atoms with van der Waals surface area (Å²) in [6.45, 7) is 2.18. The van der Waals surface area contributed by atoms with Gasteiger partial charge in [-0.3, -0.25) is 4.79 Å². The lowest BCUT2D eigenvalue weighted by Crippen LogP contribution is -2.25. The van der Waals surface area contributed by atoms with Crippen molar-refractivity contribution in [2.45, 2.75) is 13.3 Å². The fourth-order valence-corrected chi connectivity index (χ4v) is 2.05. The molecule has 0 bridgehead atoms. The Kier molecular flexibility index (Phi) is 3.38. The van der Waals surface area contributed by atoms with Gasteiger partial charge in [0, 0.05) is 19.9 Å². The highest BCUT2D eigenvalue weighted by Gasteiger charge is 2.10. The van der Waals surface area contributed by atoms with E-state index in [0.29, 0.717) is 35.2 Å². The molecule has 0 aromatic carbocycles. The van der Waals surface area contributed by atoms with E-state index in [-0.39, 0.29) is 5.91 Å². The molecule has 7 heteroatoms. The Labute approximate surface area is 102 Å². The molecule has 2 heterocycles. The molecule has 1 amide bonds. The minimum absolute atomic E-state index is 0.169. The summed E-state index contributed by atoms with van der Waals surface area (Å²) in [5.41, 5.74) is 6.14. The van der Waals surface area contributed by atoms with Crippen molar-refractivity contribution in [1.82, 2.24) is 15.5 Å². The first-order chi connectivity index (χ1) is 8.16. The minimum Gasteiger partial charge on any atom is -0.397 e. The summed E-state index contributed by atoms with van der Waals surface area (Å²) < 4.78 is 4.82. The molecule has 2 aromatic heterocycles. The third kappa shape index (κ3) is 2.82. The van der Waals surface area contributed by atoms with Crippen molar-refractivity contribution in [1.29, 1.82) is 0 Å². The molecule has 0 aliphatic carbocycles. The molecule has 17 heavy (non-hydrogen) atoms. The molecular formula is C10H12N4O2S. The first-order valence-corrected chi connectivity index (χ1v) is 5.95. The molecule has 3 N–H and O–H groups in total. The van der Waals surface area contributed by atoms with Gasteiger partial charge in [-0.05, 0) is 11.4 Å². The summed E-state index contributed by atoms with van der Waals surface area (Å²) >= 11 is 1.32. The zero-order valence-electron chi connectivity index (χ0n) is 9.27. The van der Waals surface area contributed by atoms with Crippen molar-refractivity contribution in [3.05, 3.63) is 28.0 Å². The second-order valence-electron chi connectivity index (χ2n) is 3.44. The maximum atomic E-state index is 11.7. The molecule has 0 atom stereocenters. The van der Waals surface area contributed by atoms with Crippen molar-refractivity contribution in [2.24, 2.45) is 0 Å². The molecular weight excluding hydrogens is 240 g/mol. The lowest BCUT2D eigenvalue weighted by Gasteiger charge is -2.01. The molecule has 2 aromatic rings. The lowest BCUT2D eigenvalue weighted by molar-refractivity contribution is 0.0958. The molecule has 0 saturated carbocycles. The van der Waals surface area contributed by atoms with Gasteiger partial charge in [-0.25, -0.2) is 0 Å². The van der Waals surface area contributed by atoms with E-state index in [0.717, 1.165) is 0 Å². The van der Waals surface area contributed by atoms with E-state index in [1.165, 1.54) is 11.3 Å². The SMILES string of the molecule is Cc1nc(CCNC(=O)c2sccc2N)no1. The quantitative estimate of drug-likeness (QED) is 0.846. The van der Waals surface area contributed by atoms with Crippen LogP contribution in [-0.2, 0) is 6.42 Å². The zero-order valence-corrected chi connectivity index (χ0v) is 10.1. The molecule has 6 nitrogen and oxygen atoms in total. The fraction of sp³-hybridized carbons (Fsp3) is 0.300. The lowest BCUT2D eigenvalue weighted by atomic mass is 10.3. The summed E-state index contributed by atoms with van der Waals surface area (Å²) in [6.07, 6.45) is 0.536. The van der Waals surface area contributed by atoms with Crippen LogP contribution in [0.25, 0.3) is 0 Å². The van der Waals surface area contributed by atoms with Gasteiger partial charge in [-0.1, -0.05) is 5.16 Å². The minimum atomic E-state index is -0.169. The van der Waals surface area contributed by atoms with E-state index in [1.54, 1.807) is 18.4 Å². The summed E-state index contributed by atoms with van der Waals surface area (Å²) in [5.74, 6) is 0.938. The number of anilines is 1. The second kappa shape index (κ2) is 4.96. The van der Waals surface area contributed by atoms with Crippen molar-refractivity contribution in [3.63, 3.8) is 0 Å². The number of aromatic nitrogens is 2. The average molecular weight is 252 g/mol. The molecule has 0 fully saturated rings. The maximum absolute atomic E-state index is 11.7. The predicted octanol–water partition coefficient (Wildman–Crippen LogP) is 0.994. The Morgan fingerprint density at radius 3 is 3.06 bits per heavy atom. The normalized spacial score (nSPS) is 10.4. The summed E-state index contributed by atoms with van der Waals surface area (Å²) in [6, 6.07) is 1.71. The topological polar surface area (TPSA) is 94.0 Å². The summed E-state index contributed by atoms with van der Waals surface area (Å²) in [7, 11) is 0. The number of carbonyl (C=O) groups excluding carboxylic acids is 1. The van der Waals surface area contributed by atoms with Gasteiger partial charge in [-0.15, -0.1) is 11.3 Å². The first kappa shape index (κ1) is 11.6. The van der Waals surface area contributed by atoms with Crippen LogP contribution in [0, 0.1) is 6.92 Å². The fourth-order valence-electron chi connectivity index (χ4n) is 1.31. The number of nitrogens with two attached hydrogens (primary N) is 1. The Bertz CT molecular complexity index is 520. The number of aryl methyl sites for hydroxylation is 1. The van der Waals surface area contributed by atoms with Gasteiger partial charge in [0.2, 0.25) is 5.89 Å². The maximum Gasteiger partial charge on any atom is 0.263 e. The molecule has 0 spiro atoms. The zero-order chi connectivity index (χ0) is 12.3. The number of amides is 1. The molecule has 90 valence electrons. The number of rotatable bonds is 4. The van der Waals surface area contributed by atoms with E-state index in [1.807, 2.05) is 0 Å². The molecule has 0 radical (unpaired) electrons. The smallest absolute Gasteiger partial charge is 0.263 e. The van der Waals surface area contributed by atoms with Gasteiger partial charge >= 0.3 is 0 Å². The van der Waals surface area contributed by atoms with Gasteiger partial charge in [0.25, 0.3) is 5.91 Å². The molecule has 0 unspecified atom stereocenters. The monoisotopic (exact) mass is 252 g/mol. The number of hydrogen-bond acceptors (Lipinski definition) is 6. The number of hydrogen-bond donors (Lipinski definition) is 2. The Hall–Kier alpha value is -1.89. The average Bonchev–Trinajstić information content (AvgIpc) is 2.87. The number of nitrogens with zero attached hydrogens (tertiary/aromatic N) is 2. The highest BCUT2D eigenvalue weighted by atomic mass is 32.1. The van der Waals surface area contributed by atoms with Crippen LogP contribution < -0.4 is 11.1 Å². The number of nitrogens with one attached hydrogen (secondary N) is 1. The van der Waals surface area contributed by atoms with Gasteiger partial charge in [0.15, 0.2) is 5.82 Å². The van der Waals surface area contributed by atoms with E-state index in [4.69, 9.17) is 10.3 Å². The predicted molar refractivity (Wildman–Crippen MR) is 63.8 cm³/mol. The Morgan fingerprint density at radius 2 is 2.47 bits per heavy atom. The van der Waals surface area contributed by atoms with E-state index < -0.39 is 0 Å². The van der Waals surface area contributed by atoms with Crippen LogP contribution in [0.2, 0.25) is 0 Å². The van der Waals surface area contributed by atoms with Crippen molar-refractivity contribution < 1.29 is 9.32 Å². The highest BCUT2D eigenvalue weighted by molar-refractivity contribution is 7.12. The second-order valence-corrected chi connectivity index (χ2v) is 4.36. The Balaban J connectivity index is 1.83. The van der Waals surface area contributed by atoms with Crippen LogP contribution in [0.4, 0.5) is 5.69 Å². The molecule has 2 rings (SSSR count). The van der Waals surface area contributed by atoms with Crippen LogP contribution in [0.15, 0.2) is 16.0 Å². The molecule has 0 aliphatic rings. The van der Waals surface area contributed by atoms with Crippen molar-refractivity contribution in [3.8, 4) is 0 Å². The van der Waals surface area contributed by atoms with E-state index >= 15 is 0 Å². The largest absolute Gasteiger partial charge is 0.397 e. The van der Waals surface area contributed by atoms with Crippen LogP contribution in [0.3, 0.4) is 0 Å². The summed E-state index contributed by atoms with van der Waals surface area (Å²) in [5, 5.41) is 8.27. The van der Waals surface area contributed by atoms with Gasteiger partial charge in [0.1, 0.15) is 4.88 Å². The van der Waals surface area contributed by atoms with Gasteiger partial charge < -0.3 is 15.6 Å². The van der Waals surface area contributed by atoms with E-state index in [2.05, 4.69) is 15.5 Å².